The lowest BCUT2D eigenvalue weighted by atomic mass is 9.74. The lowest BCUT2D eigenvalue weighted by Crippen LogP contribution is -2.47. The number of hydrogen-bond donors (Lipinski definition) is 1. The number of aryl methyl sites for hydroxylation is 2. The first-order valence-corrected chi connectivity index (χ1v) is 9.53. The van der Waals surface area contributed by atoms with Gasteiger partial charge in [-0.15, -0.1) is 0 Å². The van der Waals surface area contributed by atoms with Gasteiger partial charge in [0.1, 0.15) is 5.76 Å². The number of halogens is 1. The predicted molar refractivity (Wildman–Crippen MR) is 104 cm³/mol. The highest BCUT2D eigenvalue weighted by atomic mass is 35.5. The third-order valence-electron chi connectivity index (χ3n) is 5.39. The third-order valence-corrected chi connectivity index (χ3v) is 5.62. The summed E-state index contributed by atoms with van der Waals surface area (Å²) in [5.74, 6) is 0.743. The van der Waals surface area contributed by atoms with Crippen LogP contribution in [0.1, 0.15) is 35.4 Å². The minimum Gasteiger partial charge on any atom is -0.381 e. The van der Waals surface area contributed by atoms with Crippen LogP contribution in [0.4, 0.5) is 4.79 Å². The highest BCUT2D eigenvalue weighted by molar-refractivity contribution is 6.30. The van der Waals surface area contributed by atoms with Crippen molar-refractivity contribution in [2.75, 3.05) is 26.8 Å². The zero-order valence-electron chi connectivity index (χ0n) is 16.0. The highest BCUT2D eigenvalue weighted by Gasteiger charge is 2.35. The molecule has 0 saturated carbocycles. The molecule has 1 saturated heterocycles. The summed E-state index contributed by atoms with van der Waals surface area (Å²) in [6, 6.07) is 7.78. The summed E-state index contributed by atoms with van der Waals surface area (Å²) >= 11 is 6.21. The molecule has 2 amide bonds. The molecule has 2 heterocycles. The predicted octanol–water partition coefficient (Wildman–Crippen LogP) is 3.83. The molecule has 1 fully saturated rings. The van der Waals surface area contributed by atoms with Crippen molar-refractivity contribution in [3.8, 4) is 0 Å². The average Bonchev–Trinajstić information content (AvgIpc) is 2.99. The average molecular weight is 392 g/mol. The molecule has 1 aromatic carbocycles. The van der Waals surface area contributed by atoms with Crippen LogP contribution in [0.3, 0.4) is 0 Å². The molecule has 6 nitrogen and oxygen atoms in total. The number of aromatic nitrogens is 1. The molecule has 27 heavy (non-hydrogen) atoms. The minimum absolute atomic E-state index is 0.122. The Labute approximate surface area is 164 Å². The van der Waals surface area contributed by atoms with Gasteiger partial charge in [0.2, 0.25) is 0 Å². The van der Waals surface area contributed by atoms with Crippen LogP contribution in [0.15, 0.2) is 28.8 Å². The number of rotatable bonds is 5. The number of amides is 2. The fourth-order valence-corrected chi connectivity index (χ4v) is 3.75. The van der Waals surface area contributed by atoms with Crippen LogP contribution >= 0.6 is 11.6 Å². The number of carbonyl (C=O) groups is 1. The number of urea groups is 1. The van der Waals surface area contributed by atoms with Crippen molar-refractivity contribution in [1.29, 1.82) is 0 Å². The van der Waals surface area contributed by atoms with Crippen LogP contribution < -0.4 is 5.32 Å². The molecule has 0 atom stereocenters. The van der Waals surface area contributed by atoms with Gasteiger partial charge in [-0.1, -0.05) is 28.9 Å². The molecule has 0 spiro atoms. The van der Waals surface area contributed by atoms with Crippen molar-refractivity contribution in [1.82, 2.24) is 15.4 Å². The second-order valence-electron chi connectivity index (χ2n) is 7.22. The first-order chi connectivity index (χ1) is 12.9. The van der Waals surface area contributed by atoms with Crippen LogP contribution in [0.5, 0.6) is 0 Å². The van der Waals surface area contributed by atoms with Gasteiger partial charge in [0.15, 0.2) is 0 Å². The first-order valence-electron chi connectivity index (χ1n) is 9.16. The van der Waals surface area contributed by atoms with Gasteiger partial charge in [0, 0.05) is 42.8 Å². The molecule has 1 aliphatic rings. The Hall–Kier alpha value is -2.05. The molecule has 7 heteroatoms. The van der Waals surface area contributed by atoms with Crippen LogP contribution in [0.25, 0.3) is 0 Å². The van der Waals surface area contributed by atoms with Crippen LogP contribution in [-0.2, 0) is 16.7 Å². The molecule has 3 rings (SSSR count). The van der Waals surface area contributed by atoms with E-state index < -0.39 is 0 Å². The number of nitrogens with zero attached hydrogens (tertiary/aromatic N) is 2. The fraction of sp³-hybridized carbons (Fsp3) is 0.500. The molecule has 2 aromatic rings. The van der Waals surface area contributed by atoms with E-state index in [1.165, 1.54) is 0 Å². The Morgan fingerprint density at radius 3 is 2.70 bits per heavy atom. The Morgan fingerprint density at radius 2 is 2.07 bits per heavy atom. The van der Waals surface area contributed by atoms with Gasteiger partial charge in [-0.2, -0.15) is 0 Å². The van der Waals surface area contributed by atoms with E-state index in [2.05, 4.69) is 16.5 Å². The van der Waals surface area contributed by atoms with E-state index >= 15 is 0 Å². The minimum atomic E-state index is -0.164. The molecule has 1 N–H and O–H groups in total. The summed E-state index contributed by atoms with van der Waals surface area (Å²) in [6.45, 7) is 6.10. The smallest absolute Gasteiger partial charge is 0.317 e. The van der Waals surface area contributed by atoms with E-state index in [0.717, 1.165) is 35.4 Å². The molecule has 0 aliphatic carbocycles. The van der Waals surface area contributed by atoms with Gasteiger partial charge < -0.3 is 19.5 Å². The van der Waals surface area contributed by atoms with E-state index in [-0.39, 0.29) is 11.4 Å². The van der Waals surface area contributed by atoms with Crippen molar-refractivity contribution in [2.45, 2.75) is 38.6 Å². The second kappa shape index (κ2) is 8.31. The Morgan fingerprint density at radius 1 is 1.33 bits per heavy atom. The molecular formula is C20H26ClN3O3. The van der Waals surface area contributed by atoms with E-state index in [1.807, 2.05) is 32.0 Å². The number of ether oxygens (including phenoxy) is 1. The first kappa shape index (κ1) is 19.7. The molecular weight excluding hydrogens is 366 g/mol. The van der Waals surface area contributed by atoms with Crippen LogP contribution in [0.2, 0.25) is 5.02 Å². The Bertz CT molecular complexity index is 780. The maximum Gasteiger partial charge on any atom is 0.317 e. The zero-order chi connectivity index (χ0) is 19.4. The van der Waals surface area contributed by atoms with Crippen LogP contribution in [-0.4, -0.2) is 42.9 Å². The van der Waals surface area contributed by atoms with Gasteiger partial charge in [0.25, 0.3) is 0 Å². The van der Waals surface area contributed by atoms with E-state index in [0.29, 0.717) is 31.3 Å². The lowest BCUT2D eigenvalue weighted by molar-refractivity contribution is 0.0502. The van der Waals surface area contributed by atoms with Crippen LogP contribution in [0, 0.1) is 13.8 Å². The molecule has 0 radical (unpaired) electrons. The van der Waals surface area contributed by atoms with Crippen molar-refractivity contribution in [3.63, 3.8) is 0 Å². The van der Waals surface area contributed by atoms with Crippen molar-refractivity contribution < 1.29 is 14.1 Å². The van der Waals surface area contributed by atoms with E-state index in [9.17, 15) is 4.79 Å². The molecule has 146 valence electrons. The van der Waals surface area contributed by atoms with Gasteiger partial charge in [-0.3, -0.25) is 0 Å². The second-order valence-corrected chi connectivity index (χ2v) is 7.66. The third kappa shape index (κ3) is 4.45. The van der Waals surface area contributed by atoms with Gasteiger partial charge in [-0.25, -0.2) is 4.79 Å². The normalized spacial score (nSPS) is 16.1. The molecule has 1 aliphatic heterocycles. The Kier molecular flexibility index (Phi) is 6.07. The van der Waals surface area contributed by atoms with E-state index in [1.54, 1.807) is 11.9 Å². The summed E-state index contributed by atoms with van der Waals surface area (Å²) in [5, 5.41) is 7.76. The Balaban J connectivity index is 1.69. The summed E-state index contributed by atoms with van der Waals surface area (Å²) in [4.78, 5) is 14.3. The highest BCUT2D eigenvalue weighted by Crippen LogP contribution is 2.35. The zero-order valence-corrected chi connectivity index (χ0v) is 16.8. The van der Waals surface area contributed by atoms with E-state index in [4.69, 9.17) is 20.9 Å². The van der Waals surface area contributed by atoms with Crippen molar-refractivity contribution in [2.24, 2.45) is 0 Å². The number of carbonyl (C=O) groups excluding carboxylic acids is 1. The van der Waals surface area contributed by atoms with Gasteiger partial charge in [-0.05, 0) is 44.4 Å². The quantitative estimate of drug-likeness (QED) is 0.840. The molecule has 0 unspecified atom stereocenters. The maximum absolute atomic E-state index is 12.7. The number of nitrogens with one attached hydrogen (secondary N) is 1. The number of hydrogen-bond acceptors (Lipinski definition) is 4. The largest absolute Gasteiger partial charge is 0.381 e. The lowest BCUT2D eigenvalue weighted by Gasteiger charge is -2.38. The molecule has 0 bridgehead atoms. The summed E-state index contributed by atoms with van der Waals surface area (Å²) in [6.07, 6.45) is 1.70. The summed E-state index contributed by atoms with van der Waals surface area (Å²) in [5.41, 5.74) is 2.74. The van der Waals surface area contributed by atoms with Gasteiger partial charge >= 0.3 is 6.03 Å². The van der Waals surface area contributed by atoms with Gasteiger partial charge in [0.05, 0.1) is 12.2 Å². The van der Waals surface area contributed by atoms with Crippen molar-refractivity contribution >= 4 is 17.6 Å². The molecule has 1 aromatic heterocycles. The maximum atomic E-state index is 12.7. The SMILES string of the molecule is Cc1noc(C)c1CN(C)C(=O)NCC1(c2cccc(Cl)c2)CCOCC1. The standard InChI is InChI=1S/C20H26ClN3O3/c1-14-18(15(2)27-23-14)12-24(3)19(25)22-13-20(7-9-26-10-8-20)16-5-4-6-17(21)11-16/h4-6,11H,7-10,12-13H2,1-3H3,(H,22,25). The summed E-state index contributed by atoms with van der Waals surface area (Å²) < 4.78 is 10.7. The monoisotopic (exact) mass is 391 g/mol. The summed E-state index contributed by atoms with van der Waals surface area (Å²) in [7, 11) is 1.78. The van der Waals surface area contributed by atoms with Crippen molar-refractivity contribution in [3.05, 3.63) is 51.9 Å². The number of benzene rings is 1. The fourth-order valence-electron chi connectivity index (χ4n) is 3.56. The topological polar surface area (TPSA) is 67.6 Å².